The number of hydrogen-bond donors (Lipinski definition) is 0. The van der Waals surface area contributed by atoms with Crippen molar-refractivity contribution in [1.29, 1.82) is 0 Å². The molecule has 5 heteroatoms. The normalized spacial score (nSPS) is 12.1. The highest BCUT2D eigenvalue weighted by Crippen LogP contribution is 2.11. The van der Waals surface area contributed by atoms with E-state index in [1.54, 1.807) is 12.1 Å². The molecule has 3 nitrogen and oxygen atoms in total. The molecule has 0 atom stereocenters. The van der Waals surface area contributed by atoms with Crippen LogP contribution < -0.4 is 0 Å². The summed E-state index contributed by atoms with van der Waals surface area (Å²) in [5, 5.41) is 0. The molecule has 0 fully saturated rings. The van der Waals surface area contributed by atoms with Crippen LogP contribution in [-0.4, -0.2) is 20.4 Å². The zero-order chi connectivity index (χ0) is 10.6. The fourth-order valence-electron chi connectivity index (χ4n) is 0.863. The van der Waals surface area contributed by atoms with E-state index in [0.717, 1.165) is 11.8 Å². The minimum atomic E-state index is -4.45. The Balaban J connectivity index is 2.65. The van der Waals surface area contributed by atoms with Crippen LogP contribution in [-0.2, 0) is 10.2 Å². The van der Waals surface area contributed by atoms with E-state index in [1.807, 2.05) is 19.1 Å². The van der Waals surface area contributed by atoms with Gasteiger partial charge in [-0.3, -0.25) is 4.99 Å². The molecule has 76 valence electrons. The van der Waals surface area contributed by atoms with Gasteiger partial charge in [0, 0.05) is 6.21 Å². The highest BCUT2D eigenvalue weighted by Gasteiger charge is 2.02. The Kier molecular flexibility index (Phi) is 3.35. The average molecular weight is 215 g/mol. The third-order valence-corrected chi connectivity index (χ3v) is 2.10. The van der Waals surface area contributed by atoms with Crippen molar-refractivity contribution < 1.29 is 12.3 Å². The van der Waals surface area contributed by atoms with Gasteiger partial charge in [-0.2, -0.15) is 8.42 Å². The van der Waals surface area contributed by atoms with E-state index in [2.05, 4.69) is 4.99 Å². The second-order valence-electron chi connectivity index (χ2n) is 2.85. The lowest BCUT2D eigenvalue weighted by atomic mass is 10.2. The Morgan fingerprint density at radius 3 is 2.43 bits per heavy atom. The summed E-state index contributed by atoms with van der Waals surface area (Å²) in [5.74, 6) is -0.680. The molecule has 0 aliphatic carbocycles. The highest BCUT2D eigenvalue weighted by atomic mass is 32.3. The standard InChI is InChI=1S/C9H10FNO2S/c1-8-2-4-9(5-3-8)11-6-7-14(10,12)13/h2-6H,7H2,1H3. The Bertz CT molecular complexity index is 423. The van der Waals surface area contributed by atoms with Crippen LogP contribution in [0.5, 0.6) is 0 Å². The Morgan fingerprint density at radius 1 is 1.36 bits per heavy atom. The molecule has 0 aromatic heterocycles. The zero-order valence-corrected chi connectivity index (χ0v) is 8.46. The van der Waals surface area contributed by atoms with Crippen LogP contribution in [0.3, 0.4) is 0 Å². The van der Waals surface area contributed by atoms with Gasteiger partial charge in [0.1, 0.15) is 5.75 Å². The van der Waals surface area contributed by atoms with Crippen LogP contribution in [0.4, 0.5) is 9.57 Å². The molecule has 1 aromatic carbocycles. The van der Waals surface area contributed by atoms with Crippen LogP contribution in [0.2, 0.25) is 0 Å². The molecule has 0 N–H and O–H groups in total. The van der Waals surface area contributed by atoms with Gasteiger partial charge in [0.15, 0.2) is 0 Å². The molecule has 0 radical (unpaired) electrons. The van der Waals surface area contributed by atoms with Crippen LogP contribution in [0, 0.1) is 6.92 Å². The van der Waals surface area contributed by atoms with Gasteiger partial charge in [0.2, 0.25) is 0 Å². The van der Waals surface area contributed by atoms with E-state index in [-0.39, 0.29) is 0 Å². The predicted molar refractivity (Wildman–Crippen MR) is 54.2 cm³/mol. The molecule has 0 aliphatic heterocycles. The molecule has 0 saturated heterocycles. The number of hydrogen-bond acceptors (Lipinski definition) is 3. The molecule has 1 aromatic rings. The molecular weight excluding hydrogens is 205 g/mol. The second-order valence-corrected chi connectivity index (χ2v) is 4.26. The first-order valence-corrected chi connectivity index (χ1v) is 5.54. The summed E-state index contributed by atoms with van der Waals surface area (Å²) in [6.45, 7) is 1.93. The SMILES string of the molecule is Cc1ccc(N=CCS(=O)(=O)F)cc1. The van der Waals surface area contributed by atoms with Crippen molar-refractivity contribution in [3.8, 4) is 0 Å². The molecule has 0 bridgehead atoms. The Hall–Kier alpha value is -1.23. The van der Waals surface area contributed by atoms with Crippen molar-refractivity contribution >= 4 is 22.1 Å². The number of halogens is 1. The summed E-state index contributed by atoms with van der Waals surface area (Å²) in [5.41, 5.74) is 1.70. The van der Waals surface area contributed by atoms with E-state index in [0.29, 0.717) is 5.69 Å². The second kappa shape index (κ2) is 4.32. The predicted octanol–water partition coefficient (Wildman–Crippen LogP) is 2.00. The Morgan fingerprint density at radius 2 is 1.93 bits per heavy atom. The lowest BCUT2D eigenvalue weighted by molar-refractivity contribution is 0.557. The monoisotopic (exact) mass is 215 g/mol. The molecular formula is C9H10FNO2S. The summed E-state index contributed by atoms with van der Waals surface area (Å²) < 4.78 is 32.3. The number of nitrogens with zero attached hydrogens (tertiary/aromatic N) is 1. The van der Waals surface area contributed by atoms with Crippen molar-refractivity contribution in [1.82, 2.24) is 0 Å². The van der Waals surface area contributed by atoms with Crippen LogP contribution in [0.1, 0.15) is 5.56 Å². The Labute approximate surface area is 82.5 Å². The van der Waals surface area contributed by atoms with Crippen LogP contribution >= 0.6 is 0 Å². The molecule has 1 rings (SSSR count). The number of benzene rings is 1. The van der Waals surface area contributed by atoms with Crippen LogP contribution in [0.25, 0.3) is 0 Å². The maximum atomic E-state index is 12.0. The summed E-state index contributed by atoms with van der Waals surface area (Å²) in [7, 11) is -4.45. The van der Waals surface area contributed by atoms with Gasteiger partial charge in [-0.25, -0.2) is 0 Å². The minimum absolute atomic E-state index is 0.610. The van der Waals surface area contributed by atoms with Gasteiger partial charge in [0.05, 0.1) is 5.69 Å². The fourth-order valence-corrected chi connectivity index (χ4v) is 1.12. The van der Waals surface area contributed by atoms with E-state index in [9.17, 15) is 12.3 Å². The third-order valence-electron chi connectivity index (χ3n) is 1.55. The quantitative estimate of drug-likeness (QED) is 0.572. The van der Waals surface area contributed by atoms with Crippen molar-refractivity contribution in [3.63, 3.8) is 0 Å². The van der Waals surface area contributed by atoms with E-state index >= 15 is 0 Å². The average Bonchev–Trinajstić information content (AvgIpc) is 2.06. The van der Waals surface area contributed by atoms with Gasteiger partial charge in [-0.05, 0) is 19.1 Å². The zero-order valence-electron chi connectivity index (χ0n) is 7.64. The third kappa shape index (κ3) is 4.13. The summed E-state index contributed by atoms with van der Waals surface area (Å²) in [4.78, 5) is 3.79. The summed E-state index contributed by atoms with van der Waals surface area (Å²) in [6, 6.07) is 7.15. The summed E-state index contributed by atoms with van der Waals surface area (Å²) in [6.07, 6.45) is 1.04. The van der Waals surface area contributed by atoms with E-state index < -0.39 is 16.0 Å². The number of aryl methyl sites for hydroxylation is 1. The largest absolute Gasteiger partial charge is 0.307 e. The smallest absolute Gasteiger partial charge is 0.260 e. The highest BCUT2D eigenvalue weighted by molar-refractivity contribution is 7.87. The van der Waals surface area contributed by atoms with Crippen molar-refractivity contribution in [3.05, 3.63) is 29.8 Å². The molecule has 14 heavy (non-hydrogen) atoms. The van der Waals surface area contributed by atoms with Gasteiger partial charge in [0.25, 0.3) is 0 Å². The maximum absolute atomic E-state index is 12.0. The lowest BCUT2D eigenvalue weighted by Crippen LogP contribution is -1.98. The minimum Gasteiger partial charge on any atom is -0.260 e. The van der Waals surface area contributed by atoms with E-state index in [4.69, 9.17) is 0 Å². The fraction of sp³-hybridized carbons (Fsp3) is 0.222. The molecule has 0 amide bonds. The summed E-state index contributed by atoms with van der Waals surface area (Å²) >= 11 is 0. The van der Waals surface area contributed by atoms with Crippen molar-refractivity contribution in [2.45, 2.75) is 6.92 Å². The van der Waals surface area contributed by atoms with Crippen molar-refractivity contribution in [2.24, 2.45) is 4.99 Å². The van der Waals surface area contributed by atoms with E-state index in [1.165, 1.54) is 0 Å². The number of aliphatic imine (C=N–C) groups is 1. The molecule has 0 spiro atoms. The van der Waals surface area contributed by atoms with Gasteiger partial charge >= 0.3 is 10.2 Å². The lowest BCUT2D eigenvalue weighted by Gasteiger charge is -1.93. The van der Waals surface area contributed by atoms with Gasteiger partial charge in [-0.15, -0.1) is 3.89 Å². The van der Waals surface area contributed by atoms with Crippen molar-refractivity contribution in [2.75, 3.05) is 5.75 Å². The maximum Gasteiger partial charge on any atom is 0.307 e. The molecule has 0 saturated carbocycles. The first-order valence-electron chi connectivity index (χ1n) is 3.99. The molecule has 0 aliphatic rings. The first-order chi connectivity index (χ1) is 6.47. The molecule has 0 heterocycles. The van der Waals surface area contributed by atoms with Gasteiger partial charge in [-0.1, -0.05) is 17.7 Å². The first kappa shape index (κ1) is 10.8. The van der Waals surface area contributed by atoms with Gasteiger partial charge < -0.3 is 0 Å². The topological polar surface area (TPSA) is 46.5 Å². The van der Waals surface area contributed by atoms with Crippen LogP contribution in [0.15, 0.2) is 29.3 Å². The molecule has 0 unspecified atom stereocenters. The number of rotatable bonds is 3.